The Morgan fingerprint density at radius 2 is 2.16 bits per heavy atom. The molecule has 3 aromatic rings. The van der Waals surface area contributed by atoms with Crippen molar-refractivity contribution in [3.05, 3.63) is 42.2 Å². The molecule has 0 unspecified atom stereocenters. The lowest BCUT2D eigenvalue weighted by molar-refractivity contribution is 0.415. The molecule has 0 saturated carbocycles. The van der Waals surface area contributed by atoms with Crippen LogP contribution in [0.25, 0.3) is 20.8 Å². The predicted octanol–water partition coefficient (Wildman–Crippen LogP) is 2.83. The molecule has 0 aliphatic carbocycles. The molecular formula is C14H13N3OS. The van der Waals surface area contributed by atoms with E-state index in [1.54, 1.807) is 24.6 Å². The first-order valence-corrected chi connectivity index (χ1v) is 6.72. The number of thiazole rings is 1. The summed E-state index contributed by atoms with van der Waals surface area (Å²) in [5.41, 5.74) is 8.51. The van der Waals surface area contributed by atoms with Gasteiger partial charge in [-0.1, -0.05) is 0 Å². The Labute approximate surface area is 114 Å². The Balaban J connectivity index is 2.09. The topological polar surface area (TPSA) is 61.0 Å². The Kier molecular flexibility index (Phi) is 3.15. The van der Waals surface area contributed by atoms with Gasteiger partial charge in [-0.15, -0.1) is 11.3 Å². The fraction of sp³-hybridized carbons (Fsp3) is 0.143. The highest BCUT2D eigenvalue weighted by molar-refractivity contribution is 7.21. The lowest BCUT2D eigenvalue weighted by Crippen LogP contribution is -1.98. The average Bonchev–Trinajstić information content (AvgIpc) is 2.90. The van der Waals surface area contributed by atoms with Crippen molar-refractivity contribution in [3.63, 3.8) is 0 Å². The van der Waals surface area contributed by atoms with E-state index in [-0.39, 0.29) is 0 Å². The van der Waals surface area contributed by atoms with Crippen LogP contribution in [0, 0.1) is 0 Å². The molecule has 0 spiro atoms. The van der Waals surface area contributed by atoms with Gasteiger partial charge in [-0.25, -0.2) is 4.98 Å². The van der Waals surface area contributed by atoms with Crippen molar-refractivity contribution in [1.82, 2.24) is 9.97 Å². The highest BCUT2D eigenvalue weighted by atomic mass is 32.1. The molecule has 0 aliphatic heterocycles. The third kappa shape index (κ3) is 2.30. The molecule has 0 amide bonds. The summed E-state index contributed by atoms with van der Waals surface area (Å²) >= 11 is 1.64. The number of methoxy groups -OCH3 is 1. The van der Waals surface area contributed by atoms with E-state index < -0.39 is 0 Å². The van der Waals surface area contributed by atoms with Crippen molar-refractivity contribution in [1.29, 1.82) is 0 Å². The predicted molar refractivity (Wildman–Crippen MR) is 77.3 cm³/mol. The lowest BCUT2D eigenvalue weighted by Gasteiger charge is -1.98. The molecular weight excluding hydrogens is 258 g/mol. The quantitative estimate of drug-likeness (QED) is 0.795. The number of benzene rings is 1. The van der Waals surface area contributed by atoms with Crippen molar-refractivity contribution in [2.24, 2.45) is 5.73 Å². The molecule has 2 N–H and O–H groups in total. The van der Waals surface area contributed by atoms with Gasteiger partial charge in [0.15, 0.2) is 0 Å². The second-order valence-corrected chi connectivity index (χ2v) is 5.12. The van der Waals surface area contributed by atoms with Crippen molar-refractivity contribution in [2.75, 3.05) is 7.11 Å². The van der Waals surface area contributed by atoms with Crippen LogP contribution in [0.2, 0.25) is 0 Å². The van der Waals surface area contributed by atoms with E-state index in [2.05, 4.69) is 9.97 Å². The van der Waals surface area contributed by atoms with E-state index in [9.17, 15) is 0 Å². The van der Waals surface area contributed by atoms with Gasteiger partial charge in [0, 0.05) is 18.3 Å². The number of pyridine rings is 1. The first kappa shape index (κ1) is 12.1. The molecule has 2 aromatic heterocycles. The number of fused-ring (bicyclic) bond motifs is 1. The van der Waals surface area contributed by atoms with Gasteiger partial charge in [0.25, 0.3) is 0 Å². The summed E-state index contributed by atoms with van der Waals surface area (Å²) in [6, 6.07) is 9.83. The summed E-state index contributed by atoms with van der Waals surface area (Å²) in [6.45, 7) is 0.437. The number of aromatic nitrogens is 2. The molecule has 2 heterocycles. The summed E-state index contributed by atoms with van der Waals surface area (Å²) < 4.78 is 6.34. The number of nitrogens with zero attached hydrogens (tertiary/aromatic N) is 2. The molecule has 0 atom stereocenters. The van der Waals surface area contributed by atoms with E-state index in [0.717, 1.165) is 32.2 Å². The minimum absolute atomic E-state index is 0.437. The van der Waals surface area contributed by atoms with Gasteiger partial charge < -0.3 is 10.5 Å². The summed E-state index contributed by atoms with van der Waals surface area (Å²) in [5, 5.41) is 0.973. The summed E-state index contributed by atoms with van der Waals surface area (Å²) in [5.74, 6) is 0.847. The lowest BCUT2D eigenvalue weighted by atomic mass is 10.2. The maximum atomic E-state index is 5.61. The third-order valence-corrected chi connectivity index (χ3v) is 3.94. The second-order valence-electron chi connectivity index (χ2n) is 4.09. The molecule has 0 fully saturated rings. The fourth-order valence-corrected chi connectivity index (χ4v) is 2.87. The third-order valence-electron chi connectivity index (χ3n) is 2.87. The standard InChI is InChI=1S/C14H13N3OS/c1-18-11-2-3-12-13(7-11)19-14(17-12)9-4-5-16-10(6-9)8-15/h2-7H,8,15H2,1H3. The maximum Gasteiger partial charge on any atom is 0.124 e. The highest BCUT2D eigenvalue weighted by Crippen LogP contribution is 2.32. The van der Waals surface area contributed by atoms with Crippen LogP contribution in [0.5, 0.6) is 5.75 Å². The SMILES string of the molecule is COc1ccc2nc(-c3ccnc(CN)c3)sc2c1. The van der Waals surface area contributed by atoms with Crippen molar-refractivity contribution >= 4 is 21.6 Å². The van der Waals surface area contributed by atoms with E-state index in [4.69, 9.17) is 10.5 Å². The fourth-order valence-electron chi connectivity index (χ4n) is 1.88. The molecule has 4 nitrogen and oxygen atoms in total. The monoisotopic (exact) mass is 271 g/mol. The van der Waals surface area contributed by atoms with Gasteiger partial charge in [0.05, 0.1) is 23.0 Å². The first-order valence-electron chi connectivity index (χ1n) is 5.90. The van der Waals surface area contributed by atoms with Gasteiger partial charge >= 0.3 is 0 Å². The van der Waals surface area contributed by atoms with Crippen LogP contribution in [-0.4, -0.2) is 17.1 Å². The Hall–Kier alpha value is -1.98. The Morgan fingerprint density at radius 3 is 2.95 bits per heavy atom. The Morgan fingerprint density at radius 1 is 1.26 bits per heavy atom. The van der Waals surface area contributed by atoms with Crippen molar-refractivity contribution < 1.29 is 4.74 Å². The number of rotatable bonds is 3. The van der Waals surface area contributed by atoms with Crippen molar-refractivity contribution in [2.45, 2.75) is 6.54 Å². The molecule has 1 aromatic carbocycles. The molecule has 0 radical (unpaired) electrons. The zero-order valence-electron chi connectivity index (χ0n) is 10.5. The molecule has 19 heavy (non-hydrogen) atoms. The minimum atomic E-state index is 0.437. The van der Waals surface area contributed by atoms with Crippen LogP contribution in [0.3, 0.4) is 0 Å². The minimum Gasteiger partial charge on any atom is -0.497 e. The van der Waals surface area contributed by atoms with Crippen LogP contribution in [-0.2, 0) is 6.54 Å². The highest BCUT2D eigenvalue weighted by Gasteiger charge is 2.08. The van der Waals surface area contributed by atoms with Crippen LogP contribution < -0.4 is 10.5 Å². The second kappa shape index (κ2) is 4.95. The largest absolute Gasteiger partial charge is 0.497 e. The molecule has 0 bridgehead atoms. The smallest absolute Gasteiger partial charge is 0.124 e. The van der Waals surface area contributed by atoms with Crippen molar-refractivity contribution in [3.8, 4) is 16.3 Å². The summed E-state index contributed by atoms with van der Waals surface area (Å²) in [4.78, 5) is 8.82. The zero-order chi connectivity index (χ0) is 13.2. The van der Waals surface area contributed by atoms with E-state index in [1.165, 1.54) is 0 Å². The van der Waals surface area contributed by atoms with E-state index in [0.29, 0.717) is 6.54 Å². The Bertz CT molecular complexity index is 724. The first-order chi connectivity index (χ1) is 9.30. The van der Waals surface area contributed by atoms with Gasteiger partial charge in [-0.05, 0) is 30.3 Å². The number of ether oxygens (including phenoxy) is 1. The van der Waals surface area contributed by atoms with E-state index in [1.807, 2.05) is 30.3 Å². The molecule has 0 saturated heterocycles. The van der Waals surface area contributed by atoms with Gasteiger partial charge in [0.2, 0.25) is 0 Å². The van der Waals surface area contributed by atoms with Crippen LogP contribution in [0.1, 0.15) is 5.69 Å². The molecule has 0 aliphatic rings. The van der Waals surface area contributed by atoms with E-state index >= 15 is 0 Å². The van der Waals surface area contributed by atoms with Crippen LogP contribution in [0.15, 0.2) is 36.5 Å². The number of hydrogen-bond acceptors (Lipinski definition) is 5. The average molecular weight is 271 g/mol. The van der Waals surface area contributed by atoms with Gasteiger partial charge in [-0.3, -0.25) is 4.98 Å². The summed E-state index contributed by atoms with van der Waals surface area (Å²) in [6.07, 6.45) is 1.77. The molecule has 5 heteroatoms. The van der Waals surface area contributed by atoms with Gasteiger partial charge in [0.1, 0.15) is 10.8 Å². The normalized spacial score (nSPS) is 10.8. The maximum absolute atomic E-state index is 5.61. The van der Waals surface area contributed by atoms with Gasteiger partial charge in [-0.2, -0.15) is 0 Å². The number of hydrogen-bond donors (Lipinski definition) is 1. The van der Waals surface area contributed by atoms with Crippen LogP contribution >= 0.6 is 11.3 Å². The van der Waals surface area contributed by atoms with Crippen LogP contribution in [0.4, 0.5) is 0 Å². The molecule has 96 valence electrons. The molecule has 3 rings (SSSR count). The zero-order valence-corrected chi connectivity index (χ0v) is 11.3. The summed E-state index contributed by atoms with van der Waals surface area (Å²) in [7, 11) is 1.67. The number of nitrogens with two attached hydrogens (primary N) is 1.